The summed E-state index contributed by atoms with van der Waals surface area (Å²) in [6, 6.07) is 13.4. The first-order valence-electron chi connectivity index (χ1n) is 6.69. The summed E-state index contributed by atoms with van der Waals surface area (Å²) >= 11 is 6.20. The van der Waals surface area contributed by atoms with Crippen LogP contribution in [-0.4, -0.2) is 4.98 Å². The molecule has 3 nitrogen and oxygen atoms in total. The molecule has 1 aromatic heterocycles. The van der Waals surface area contributed by atoms with E-state index in [0.29, 0.717) is 17.3 Å². The van der Waals surface area contributed by atoms with E-state index >= 15 is 0 Å². The lowest BCUT2D eigenvalue weighted by atomic mass is 10.1. The molecule has 1 heterocycles. The van der Waals surface area contributed by atoms with Gasteiger partial charge in [0.1, 0.15) is 11.3 Å². The highest BCUT2D eigenvalue weighted by atomic mass is 35.5. The molecule has 2 N–H and O–H groups in total. The van der Waals surface area contributed by atoms with Crippen LogP contribution in [0.3, 0.4) is 0 Å². The Morgan fingerprint density at radius 1 is 1.14 bits per heavy atom. The molecule has 3 rings (SSSR count). The lowest BCUT2D eigenvalue weighted by molar-refractivity contribution is 0.482. The third kappa shape index (κ3) is 2.71. The minimum Gasteiger partial charge on any atom is -0.455 e. The number of pyridine rings is 1. The van der Waals surface area contributed by atoms with Gasteiger partial charge in [0, 0.05) is 18.1 Å². The molecule has 0 bridgehead atoms. The molecular weight excluding hydrogens is 284 g/mol. The molecular formula is C17H15ClN2O. The average Bonchev–Trinajstić information content (AvgIpc) is 2.52. The van der Waals surface area contributed by atoms with Gasteiger partial charge in [-0.1, -0.05) is 23.7 Å². The minimum absolute atomic E-state index is 0.482. The summed E-state index contributed by atoms with van der Waals surface area (Å²) in [5, 5.41) is 1.54. The summed E-state index contributed by atoms with van der Waals surface area (Å²) in [5.74, 6) is 1.47. The lowest BCUT2D eigenvalue weighted by Crippen LogP contribution is -1.98. The number of nitrogens with zero attached hydrogens (tertiary/aromatic N) is 1. The van der Waals surface area contributed by atoms with Crippen LogP contribution in [0.4, 0.5) is 0 Å². The zero-order valence-electron chi connectivity index (χ0n) is 11.6. The van der Waals surface area contributed by atoms with E-state index in [1.807, 2.05) is 49.4 Å². The first-order valence-corrected chi connectivity index (χ1v) is 7.07. The van der Waals surface area contributed by atoms with Crippen molar-refractivity contribution in [3.8, 4) is 11.5 Å². The Bertz CT molecular complexity index is 802. The van der Waals surface area contributed by atoms with Crippen LogP contribution in [0.2, 0.25) is 5.02 Å². The van der Waals surface area contributed by atoms with Gasteiger partial charge in [-0.2, -0.15) is 0 Å². The second-order valence-electron chi connectivity index (χ2n) is 4.85. The summed E-state index contributed by atoms with van der Waals surface area (Å²) in [7, 11) is 0. The summed E-state index contributed by atoms with van der Waals surface area (Å²) in [4.78, 5) is 4.38. The maximum Gasteiger partial charge on any atom is 0.153 e. The number of benzene rings is 2. The average molecular weight is 299 g/mol. The first-order chi connectivity index (χ1) is 10.2. The number of aromatic nitrogens is 1. The first kappa shape index (κ1) is 13.9. The number of nitrogens with two attached hydrogens (primary N) is 1. The smallest absolute Gasteiger partial charge is 0.153 e. The number of aryl methyl sites for hydroxylation is 1. The maximum absolute atomic E-state index is 6.20. The summed E-state index contributed by atoms with van der Waals surface area (Å²) < 4.78 is 6.04. The van der Waals surface area contributed by atoms with E-state index in [-0.39, 0.29) is 0 Å². The standard InChI is InChI=1S/C17H15ClN2O/c1-11-4-5-12(10-19)9-16(11)21-15-7-6-14(18)13-3-2-8-20-17(13)15/h2-9H,10,19H2,1H3. The van der Waals surface area contributed by atoms with Gasteiger partial charge in [-0.05, 0) is 48.4 Å². The van der Waals surface area contributed by atoms with E-state index in [1.54, 1.807) is 6.20 Å². The fourth-order valence-corrected chi connectivity index (χ4v) is 2.41. The molecule has 0 spiro atoms. The van der Waals surface area contributed by atoms with Gasteiger partial charge in [-0.3, -0.25) is 4.98 Å². The summed E-state index contributed by atoms with van der Waals surface area (Å²) in [5.41, 5.74) is 8.52. The highest BCUT2D eigenvalue weighted by Gasteiger charge is 2.09. The SMILES string of the molecule is Cc1ccc(CN)cc1Oc1ccc(Cl)c2cccnc12. The van der Waals surface area contributed by atoms with Crippen molar-refractivity contribution in [3.05, 3.63) is 64.8 Å². The highest BCUT2D eigenvalue weighted by Crippen LogP contribution is 2.34. The molecule has 0 saturated heterocycles. The molecule has 0 radical (unpaired) electrons. The van der Waals surface area contributed by atoms with Crippen molar-refractivity contribution < 1.29 is 4.74 Å². The molecule has 0 aliphatic rings. The van der Waals surface area contributed by atoms with Crippen LogP contribution < -0.4 is 10.5 Å². The molecule has 0 amide bonds. The number of fused-ring (bicyclic) bond motifs is 1. The second-order valence-corrected chi connectivity index (χ2v) is 5.26. The Labute approximate surface area is 128 Å². The third-order valence-corrected chi connectivity index (χ3v) is 3.72. The summed E-state index contributed by atoms with van der Waals surface area (Å²) in [6.45, 7) is 2.48. The van der Waals surface area contributed by atoms with Gasteiger partial charge in [0.2, 0.25) is 0 Å². The second kappa shape index (κ2) is 5.72. The Kier molecular flexibility index (Phi) is 3.78. The summed E-state index contributed by atoms with van der Waals surface area (Å²) in [6.07, 6.45) is 1.73. The van der Waals surface area contributed by atoms with Crippen LogP contribution in [0.1, 0.15) is 11.1 Å². The van der Waals surface area contributed by atoms with E-state index in [1.165, 1.54) is 0 Å². The van der Waals surface area contributed by atoms with Crippen LogP contribution >= 0.6 is 11.6 Å². The van der Waals surface area contributed by atoms with Gasteiger partial charge >= 0.3 is 0 Å². The number of rotatable bonds is 3. The van der Waals surface area contributed by atoms with Gasteiger partial charge in [0.05, 0.1) is 5.02 Å². The van der Waals surface area contributed by atoms with Crippen molar-refractivity contribution in [3.63, 3.8) is 0 Å². The van der Waals surface area contributed by atoms with E-state index in [2.05, 4.69) is 4.98 Å². The van der Waals surface area contributed by atoms with E-state index in [0.717, 1.165) is 27.8 Å². The van der Waals surface area contributed by atoms with Crippen molar-refractivity contribution in [2.45, 2.75) is 13.5 Å². The molecule has 0 fully saturated rings. The number of hydrogen-bond acceptors (Lipinski definition) is 3. The molecule has 0 saturated carbocycles. The molecule has 3 aromatic rings. The van der Waals surface area contributed by atoms with Crippen LogP contribution in [0, 0.1) is 6.92 Å². The molecule has 106 valence electrons. The van der Waals surface area contributed by atoms with Crippen molar-refractivity contribution in [1.82, 2.24) is 4.98 Å². The predicted molar refractivity (Wildman–Crippen MR) is 85.9 cm³/mol. The van der Waals surface area contributed by atoms with E-state index < -0.39 is 0 Å². The Morgan fingerprint density at radius 3 is 2.81 bits per heavy atom. The van der Waals surface area contributed by atoms with E-state index in [9.17, 15) is 0 Å². The van der Waals surface area contributed by atoms with Crippen LogP contribution in [0.25, 0.3) is 10.9 Å². The van der Waals surface area contributed by atoms with Gasteiger partial charge in [-0.25, -0.2) is 0 Å². The van der Waals surface area contributed by atoms with Crippen LogP contribution in [-0.2, 0) is 6.54 Å². The minimum atomic E-state index is 0.482. The Hall–Kier alpha value is -2.10. The lowest BCUT2D eigenvalue weighted by Gasteiger charge is -2.12. The van der Waals surface area contributed by atoms with Gasteiger partial charge in [-0.15, -0.1) is 0 Å². The normalized spacial score (nSPS) is 10.8. The third-order valence-electron chi connectivity index (χ3n) is 3.39. The highest BCUT2D eigenvalue weighted by molar-refractivity contribution is 6.35. The maximum atomic E-state index is 6.20. The zero-order chi connectivity index (χ0) is 14.8. The number of ether oxygens (including phenoxy) is 1. The van der Waals surface area contributed by atoms with Gasteiger partial charge < -0.3 is 10.5 Å². The molecule has 0 unspecified atom stereocenters. The number of halogens is 1. The molecule has 0 aliphatic carbocycles. The van der Waals surface area contributed by atoms with Crippen molar-refractivity contribution in [2.24, 2.45) is 5.73 Å². The topological polar surface area (TPSA) is 48.1 Å². The monoisotopic (exact) mass is 298 g/mol. The van der Waals surface area contributed by atoms with Crippen LogP contribution in [0.15, 0.2) is 48.7 Å². The fourth-order valence-electron chi connectivity index (χ4n) is 2.19. The predicted octanol–water partition coefficient (Wildman–Crippen LogP) is 4.45. The van der Waals surface area contributed by atoms with E-state index in [4.69, 9.17) is 22.1 Å². The van der Waals surface area contributed by atoms with Crippen LogP contribution in [0.5, 0.6) is 11.5 Å². The molecule has 0 atom stereocenters. The fraction of sp³-hybridized carbons (Fsp3) is 0.118. The quantitative estimate of drug-likeness (QED) is 0.777. The Balaban J connectivity index is 2.08. The van der Waals surface area contributed by atoms with Crippen molar-refractivity contribution in [1.29, 1.82) is 0 Å². The molecule has 2 aromatic carbocycles. The number of hydrogen-bond donors (Lipinski definition) is 1. The largest absolute Gasteiger partial charge is 0.455 e. The molecule has 0 aliphatic heterocycles. The van der Waals surface area contributed by atoms with Crippen molar-refractivity contribution in [2.75, 3.05) is 0 Å². The molecule has 4 heteroatoms. The van der Waals surface area contributed by atoms with Gasteiger partial charge in [0.15, 0.2) is 5.75 Å². The van der Waals surface area contributed by atoms with Gasteiger partial charge in [0.25, 0.3) is 0 Å². The van der Waals surface area contributed by atoms with Crippen molar-refractivity contribution >= 4 is 22.5 Å². The Morgan fingerprint density at radius 2 is 2.00 bits per heavy atom. The zero-order valence-corrected chi connectivity index (χ0v) is 12.4. The molecule has 21 heavy (non-hydrogen) atoms.